The fourth-order valence-electron chi connectivity index (χ4n) is 2.60. The van der Waals surface area contributed by atoms with Gasteiger partial charge in [-0.25, -0.2) is 4.98 Å². The fraction of sp³-hybridized carbons (Fsp3) is 0.190. The molecule has 6 nitrogen and oxygen atoms in total. The van der Waals surface area contributed by atoms with Gasteiger partial charge < -0.3 is 15.0 Å². The molecule has 1 heterocycles. The van der Waals surface area contributed by atoms with Crippen molar-refractivity contribution in [3.8, 4) is 17.1 Å². The zero-order chi connectivity index (χ0) is 19.9. The van der Waals surface area contributed by atoms with Gasteiger partial charge in [0, 0.05) is 27.9 Å². The number of amides is 1. The van der Waals surface area contributed by atoms with Gasteiger partial charge in [0.15, 0.2) is 0 Å². The van der Waals surface area contributed by atoms with E-state index in [2.05, 4.69) is 15.3 Å². The first-order chi connectivity index (χ1) is 13.5. The number of carbonyl (C=O) groups is 1. The summed E-state index contributed by atoms with van der Waals surface area (Å²) in [5, 5.41) is 2.88. The highest BCUT2D eigenvalue weighted by molar-refractivity contribution is 8.00. The number of aromatic amines is 1. The number of nitrogens with one attached hydrogen (secondary N) is 2. The van der Waals surface area contributed by atoms with Crippen molar-refractivity contribution in [3.05, 3.63) is 70.6 Å². The molecule has 0 saturated carbocycles. The van der Waals surface area contributed by atoms with Crippen LogP contribution >= 0.6 is 11.8 Å². The molecule has 0 fully saturated rings. The highest BCUT2D eigenvalue weighted by Crippen LogP contribution is 2.23. The van der Waals surface area contributed by atoms with Gasteiger partial charge in [0.1, 0.15) is 11.6 Å². The molecule has 28 heavy (non-hydrogen) atoms. The maximum absolute atomic E-state index is 12.3. The largest absolute Gasteiger partial charge is 0.494 e. The molecule has 3 aromatic rings. The summed E-state index contributed by atoms with van der Waals surface area (Å²) in [5.74, 6) is 1.47. The normalized spacial score (nSPS) is 10.5. The van der Waals surface area contributed by atoms with Crippen LogP contribution in [0.25, 0.3) is 11.4 Å². The second-order valence-electron chi connectivity index (χ2n) is 6.06. The maximum atomic E-state index is 12.3. The number of nitrogens with zero attached hydrogens (tertiary/aromatic N) is 1. The summed E-state index contributed by atoms with van der Waals surface area (Å²) in [5.41, 5.74) is 1.82. The van der Waals surface area contributed by atoms with Crippen molar-refractivity contribution in [2.45, 2.75) is 18.7 Å². The molecule has 2 N–H and O–H groups in total. The Morgan fingerprint density at radius 3 is 2.68 bits per heavy atom. The van der Waals surface area contributed by atoms with Crippen molar-refractivity contribution in [1.29, 1.82) is 0 Å². The van der Waals surface area contributed by atoms with Gasteiger partial charge in [0.2, 0.25) is 5.91 Å². The van der Waals surface area contributed by atoms with Crippen molar-refractivity contribution < 1.29 is 9.53 Å². The summed E-state index contributed by atoms with van der Waals surface area (Å²) in [4.78, 5) is 32.0. The predicted octanol–water partition coefficient (Wildman–Crippen LogP) is 3.87. The van der Waals surface area contributed by atoms with Crippen LogP contribution in [0, 0.1) is 6.92 Å². The smallest absolute Gasteiger partial charge is 0.251 e. The number of benzene rings is 2. The first-order valence-electron chi connectivity index (χ1n) is 8.87. The first-order valence-corrected chi connectivity index (χ1v) is 9.86. The fourth-order valence-corrected chi connectivity index (χ4v) is 3.30. The van der Waals surface area contributed by atoms with Crippen LogP contribution in [0.3, 0.4) is 0 Å². The lowest BCUT2D eigenvalue weighted by molar-refractivity contribution is -0.113. The van der Waals surface area contributed by atoms with Gasteiger partial charge in [-0.1, -0.05) is 12.1 Å². The van der Waals surface area contributed by atoms with E-state index in [1.807, 2.05) is 43.3 Å². The molecule has 3 rings (SSSR count). The lowest BCUT2D eigenvalue weighted by Crippen LogP contribution is -2.14. The second kappa shape index (κ2) is 9.23. The lowest BCUT2D eigenvalue weighted by atomic mass is 10.2. The van der Waals surface area contributed by atoms with Crippen molar-refractivity contribution in [2.24, 2.45) is 0 Å². The van der Waals surface area contributed by atoms with Crippen LogP contribution in [0.1, 0.15) is 12.6 Å². The zero-order valence-corrected chi connectivity index (χ0v) is 16.5. The van der Waals surface area contributed by atoms with Crippen LogP contribution in [0.5, 0.6) is 5.75 Å². The summed E-state index contributed by atoms with van der Waals surface area (Å²) < 4.78 is 5.41. The lowest BCUT2D eigenvalue weighted by Gasteiger charge is -2.08. The van der Waals surface area contributed by atoms with E-state index >= 15 is 0 Å². The molecule has 0 aliphatic heterocycles. The number of aromatic nitrogens is 2. The molecule has 2 aromatic carbocycles. The maximum Gasteiger partial charge on any atom is 0.251 e. The molecule has 0 bridgehead atoms. The molecule has 0 saturated heterocycles. The van der Waals surface area contributed by atoms with Crippen molar-refractivity contribution in [3.63, 3.8) is 0 Å². The number of rotatable bonds is 7. The van der Waals surface area contributed by atoms with Gasteiger partial charge in [-0.15, -0.1) is 11.8 Å². The van der Waals surface area contributed by atoms with Crippen molar-refractivity contribution in [2.75, 3.05) is 17.7 Å². The molecule has 0 aliphatic rings. The Labute approximate surface area is 167 Å². The summed E-state index contributed by atoms with van der Waals surface area (Å²) in [6.07, 6.45) is 0. The van der Waals surface area contributed by atoms with E-state index in [1.165, 1.54) is 17.8 Å². The molecule has 0 atom stereocenters. The Hall–Kier alpha value is -3.06. The van der Waals surface area contributed by atoms with Crippen LogP contribution in [0.2, 0.25) is 0 Å². The molecule has 1 aromatic heterocycles. The van der Waals surface area contributed by atoms with Gasteiger partial charge in [-0.3, -0.25) is 9.59 Å². The molecule has 144 valence electrons. The highest BCUT2D eigenvalue weighted by atomic mass is 32.2. The van der Waals surface area contributed by atoms with E-state index in [9.17, 15) is 9.59 Å². The number of H-pyrrole nitrogens is 1. The van der Waals surface area contributed by atoms with Gasteiger partial charge in [0.05, 0.1) is 12.4 Å². The number of carbonyl (C=O) groups excluding carboxylic acids is 1. The minimum absolute atomic E-state index is 0.110. The Balaban J connectivity index is 1.62. The zero-order valence-electron chi connectivity index (χ0n) is 15.7. The van der Waals surface area contributed by atoms with E-state index in [0.717, 1.165) is 16.2 Å². The molecular formula is C21H21N3O3S. The number of hydrogen-bond donors (Lipinski definition) is 2. The minimum atomic E-state index is -0.205. The predicted molar refractivity (Wildman–Crippen MR) is 112 cm³/mol. The van der Waals surface area contributed by atoms with Crippen molar-refractivity contribution in [1.82, 2.24) is 9.97 Å². The van der Waals surface area contributed by atoms with Crippen LogP contribution in [0.4, 0.5) is 5.69 Å². The number of thioether (sulfide) groups is 1. The van der Waals surface area contributed by atoms with E-state index in [-0.39, 0.29) is 17.2 Å². The van der Waals surface area contributed by atoms with Gasteiger partial charge >= 0.3 is 0 Å². The van der Waals surface area contributed by atoms with E-state index in [1.54, 1.807) is 19.1 Å². The summed E-state index contributed by atoms with van der Waals surface area (Å²) >= 11 is 1.45. The van der Waals surface area contributed by atoms with E-state index in [4.69, 9.17) is 4.74 Å². The van der Waals surface area contributed by atoms with Gasteiger partial charge in [-0.2, -0.15) is 0 Å². The molecule has 0 radical (unpaired) electrons. The number of anilines is 1. The van der Waals surface area contributed by atoms with E-state index in [0.29, 0.717) is 23.8 Å². The third-order valence-electron chi connectivity index (χ3n) is 3.79. The summed E-state index contributed by atoms with van der Waals surface area (Å²) in [6, 6.07) is 16.3. The van der Waals surface area contributed by atoms with E-state index < -0.39 is 0 Å². The molecular weight excluding hydrogens is 374 g/mol. The highest BCUT2D eigenvalue weighted by Gasteiger charge is 2.07. The Morgan fingerprint density at radius 1 is 1.18 bits per heavy atom. The third kappa shape index (κ3) is 5.47. The molecule has 0 aliphatic carbocycles. The van der Waals surface area contributed by atoms with Crippen molar-refractivity contribution >= 4 is 23.4 Å². The second-order valence-corrected chi connectivity index (χ2v) is 7.11. The van der Waals surface area contributed by atoms with Gasteiger partial charge in [-0.05, 0) is 50.2 Å². The standard InChI is InChI=1S/C21H21N3O3S/c1-3-27-17-7-9-18(10-8-17)28-13-20(26)23-16-6-4-5-15(12-16)21-22-14(2)11-19(25)24-21/h4-12H,3,13H2,1-2H3,(H,23,26)(H,22,24,25). The number of hydrogen-bond acceptors (Lipinski definition) is 5. The molecule has 1 amide bonds. The SMILES string of the molecule is CCOc1ccc(SCC(=O)Nc2cccc(-c3nc(C)cc(=O)[nH]3)c2)cc1. The Morgan fingerprint density at radius 2 is 1.96 bits per heavy atom. The summed E-state index contributed by atoms with van der Waals surface area (Å²) in [6.45, 7) is 4.33. The topological polar surface area (TPSA) is 84.1 Å². The first kappa shape index (κ1) is 19.7. The van der Waals surface area contributed by atoms with Crippen LogP contribution in [-0.2, 0) is 4.79 Å². The quantitative estimate of drug-likeness (QED) is 0.593. The number of aryl methyl sites for hydroxylation is 1. The molecule has 0 spiro atoms. The Bertz CT molecular complexity index is 1020. The van der Waals surface area contributed by atoms with Crippen LogP contribution < -0.4 is 15.6 Å². The van der Waals surface area contributed by atoms with Crippen LogP contribution in [-0.4, -0.2) is 28.2 Å². The molecule has 7 heteroatoms. The molecule has 0 unspecified atom stereocenters. The Kier molecular flexibility index (Phi) is 6.49. The average Bonchev–Trinajstić information content (AvgIpc) is 2.67. The monoisotopic (exact) mass is 395 g/mol. The summed E-state index contributed by atoms with van der Waals surface area (Å²) in [7, 11) is 0. The average molecular weight is 395 g/mol. The van der Waals surface area contributed by atoms with Crippen LogP contribution in [0.15, 0.2) is 64.3 Å². The third-order valence-corrected chi connectivity index (χ3v) is 4.81. The minimum Gasteiger partial charge on any atom is -0.494 e. The van der Waals surface area contributed by atoms with Gasteiger partial charge in [0.25, 0.3) is 5.56 Å². The number of ether oxygens (including phenoxy) is 1.